The van der Waals surface area contributed by atoms with Gasteiger partial charge in [0, 0.05) is 25.7 Å². The molecule has 600 valence electrons. The van der Waals surface area contributed by atoms with E-state index in [9.17, 15) is 43.2 Å². The number of rotatable bonds is 79. The minimum atomic E-state index is -4.96. The first-order valence-corrected chi connectivity index (χ1v) is 45.3. The molecule has 0 aromatic heterocycles. The fourth-order valence-corrected chi connectivity index (χ4v) is 14.1. The molecule has 0 aliphatic carbocycles. The van der Waals surface area contributed by atoms with Gasteiger partial charge in [0.15, 0.2) is 12.2 Å². The highest BCUT2D eigenvalue weighted by atomic mass is 31.2. The summed E-state index contributed by atoms with van der Waals surface area (Å²) < 4.78 is 68.7. The van der Waals surface area contributed by atoms with Crippen molar-refractivity contribution in [3.8, 4) is 0 Å². The van der Waals surface area contributed by atoms with E-state index in [-0.39, 0.29) is 25.7 Å². The number of carbonyl (C=O) groups excluding carboxylic acids is 4. The maximum absolute atomic E-state index is 13.1. The van der Waals surface area contributed by atoms with Crippen LogP contribution in [0.25, 0.3) is 0 Å². The van der Waals surface area contributed by atoms with Gasteiger partial charge in [-0.3, -0.25) is 37.3 Å². The topological polar surface area (TPSA) is 237 Å². The van der Waals surface area contributed by atoms with Crippen LogP contribution in [0, 0.1) is 23.7 Å². The van der Waals surface area contributed by atoms with E-state index in [1.165, 1.54) is 218 Å². The molecule has 0 aromatic rings. The third-order valence-electron chi connectivity index (χ3n) is 19.8. The molecule has 0 saturated carbocycles. The average Bonchev–Trinajstić information content (AvgIpc) is 0.922. The number of hydrogen-bond acceptors (Lipinski definition) is 15. The molecule has 19 heteroatoms. The highest BCUT2D eigenvalue weighted by Gasteiger charge is 2.30. The van der Waals surface area contributed by atoms with Crippen molar-refractivity contribution in [2.45, 2.75) is 440 Å². The van der Waals surface area contributed by atoms with Gasteiger partial charge in [-0.05, 0) is 49.4 Å². The van der Waals surface area contributed by atoms with E-state index < -0.39 is 97.5 Å². The largest absolute Gasteiger partial charge is 0.472 e. The van der Waals surface area contributed by atoms with E-state index in [1.54, 1.807) is 0 Å². The monoisotopic (exact) mass is 1480 g/mol. The van der Waals surface area contributed by atoms with E-state index in [2.05, 4.69) is 55.4 Å². The van der Waals surface area contributed by atoms with Crippen LogP contribution in [-0.2, 0) is 65.4 Å². The third kappa shape index (κ3) is 73.4. The van der Waals surface area contributed by atoms with Crippen molar-refractivity contribution in [2.24, 2.45) is 23.7 Å². The standard InChI is InChI=1S/C82H160O17P2/c1-9-74(7)60-52-44-36-30-24-18-15-16-19-25-31-37-46-54-62-79(84)92-68-77(98-82(87)65-57-49-39-33-27-21-23-29-35-43-51-59-73(5)6)70-96-100(88,89)94-66-76(83)67-95-101(90,91)97-71-78(69-93-80(85)63-55-47-41-40-45-53-61-75(8)10-2)99-81(86)64-56-48-38-32-26-20-14-12-11-13-17-22-28-34-42-50-58-72(3)4/h72-78,83H,9-71H2,1-8H3,(H,88,89)(H,90,91)/t74?,75?,76-,77-,78-/m1/s1. The van der Waals surface area contributed by atoms with Crippen LogP contribution in [-0.4, -0.2) is 96.7 Å². The SMILES string of the molecule is CCC(C)CCCCCCCCCCCCCCCCC(=O)OC[C@H](COP(=O)(O)OC[C@@H](O)COP(=O)(O)OC[C@@H](COC(=O)CCCCCCCCC(C)CC)OC(=O)CCCCCCCCCCCCCCCCCCC(C)C)OC(=O)CCCCCCCCCCCCCC(C)C. The Labute approximate surface area is 619 Å². The summed E-state index contributed by atoms with van der Waals surface area (Å²) in [4.78, 5) is 73.1. The van der Waals surface area contributed by atoms with Gasteiger partial charge < -0.3 is 33.8 Å². The van der Waals surface area contributed by atoms with Gasteiger partial charge in [-0.15, -0.1) is 0 Å². The van der Waals surface area contributed by atoms with E-state index >= 15 is 0 Å². The highest BCUT2D eigenvalue weighted by Crippen LogP contribution is 2.45. The molecule has 0 spiro atoms. The molecule has 0 aliphatic rings. The zero-order valence-corrected chi connectivity index (χ0v) is 68.3. The maximum Gasteiger partial charge on any atom is 0.472 e. The number of aliphatic hydroxyl groups is 1. The Morgan fingerprint density at radius 2 is 0.475 bits per heavy atom. The van der Waals surface area contributed by atoms with Crippen molar-refractivity contribution < 1.29 is 80.2 Å². The van der Waals surface area contributed by atoms with Crippen LogP contribution in [0.15, 0.2) is 0 Å². The zero-order valence-electron chi connectivity index (χ0n) is 66.5. The van der Waals surface area contributed by atoms with Gasteiger partial charge in [0.2, 0.25) is 0 Å². The molecule has 0 rings (SSSR count). The second-order valence-corrected chi connectivity index (χ2v) is 33.9. The van der Waals surface area contributed by atoms with Gasteiger partial charge in [-0.25, -0.2) is 9.13 Å². The van der Waals surface area contributed by atoms with Crippen molar-refractivity contribution in [2.75, 3.05) is 39.6 Å². The summed E-state index contributed by atoms with van der Waals surface area (Å²) in [6.45, 7) is 14.3. The van der Waals surface area contributed by atoms with Gasteiger partial charge in [0.25, 0.3) is 0 Å². The Bertz CT molecular complexity index is 1980. The average molecular weight is 1480 g/mol. The lowest BCUT2D eigenvalue weighted by Gasteiger charge is -2.21. The molecule has 4 unspecified atom stereocenters. The first kappa shape index (κ1) is 99.1. The molecule has 0 radical (unpaired) electrons. The number of phosphoric acid groups is 2. The Hall–Kier alpha value is -1.94. The van der Waals surface area contributed by atoms with Crippen LogP contribution in [0.3, 0.4) is 0 Å². The van der Waals surface area contributed by atoms with Crippen LogP contribution >= 0.6 is 15.6 Å². The fourth-order valence-electron chi connectivity index (χ4n) is 12.5. The predicted octanol–water partition coefficient (Wildman–Crippen LogP) is 24.4. The summed E-state index contributed by atoms with van der Waals surface area (Å²) in [5.41, 5.74) is 0. The molecule has 0 fully saturated rings. The normalized spacial score (nSPS) is 14.5. The summed E-state index contributed by atoms with van der Waals surface area (Å²) in [7, 11) is -9.92. The van der Waals surface area contributed by atoms with Crippen molar-refractivity contribution in [3.63, 3.8) is 0 Å². The Balaban J connectivity index is 5.22. The van der Waals surface area contributed by atoms with Crippen molar-refractivity contribution in [3.05, 3.63) is 0 Å². The first-order chi connectivity index (χ1) is 48.7. The molecular formula is C82H160O17P2. The van der Waals surface area contributed by atoms with Gasteiger partial charge in [-0.2, -0.15) is 0 Å². The van der Waals surface area contributed by atoms with E-state index in [1.807, 2.05) is 0 Å². The Morgan fingerprint density at radius 1 is 0.277 bits per heavy atom. The number of unbranched alkanes of at least 4 members (excludes halogenated alkanes) is 43. The first-order valence-electron chi connectivity index (χ1n) is 42.3. The minimum Gasteiger partial charge on any atom is -0.462 e. The quantitative estimate of drug-likeness (QED) is 0.0222. The van der Waals surface area contributed by atoms with Crippen molar-refractivity contribution in [1.82, 2.24) is 0 Å². The zero-order chi connectivity index (χ0) is 74.6. The minimum absolute atomic E-state index is 0.106. The summed E-state index contributed by atoms with van der Waals surface area (Å²) in [5.74, 6) is 1.04. The Morgan fingerprint density at radius 3 is 0.703 bits per heavy atom. The summed E-state index contributed by atoms with van der Waals surface area (Å²) >= 11 is 0. The fraction of sp³-hybridized carbons (Fsp3) is 0.951. The summed E-state index contributed by atoms with van der Waals surface area (Å²) in [5, 5.41) is 10.6. The van der Waals surface area contributed by atoms with Crippen molar-refractivity contribution >= 4 is 39.5 Å². The van der Waals surface area contributed by atoms with Crippen LogP contribution < -0.4 is 0 Å². The summed E-state index contributed by atoms with van der Waals surface area (Å²) in [6, 6.07) is 0. The lowest BCUT2D eigenvalue weighted by atomic mass is 9.99. The smallest absolute Gasteiger partial charge is 0.462 e. The molecule has 17 nitrogen and oxygen atoms in total. The molecule has 101 heavy (non-hydrogen) atoms. The number of carbonyl (C=O) groups is 4. The highest BCUT2D eigenvalue weighted by molar-refractivity contribution is 7.47. The van der Waals surface area contributed by atoms with Crippen LogP contribution in [0.5, 0.6) is 0 Å². The van der Waals surface area contributed by atoms with Crippen LogP contribution in [0.2, 0.25) is 0 Å². The second kappa shape index (κ2) is 71.0. The van der Waals surface area contributed by atoms with Gasteiger partial charge in [0.05, 0.1) is 26.4 Å². The van der Waals surface area contributed by atoms with Gasteiger partial charge in [-0.1, -0.05) is 370 Å². The molecule has 0 heterocycles. The number of hydrogen-bond donors (Lipinski definition) is 3. The number of phosphoric ester groups is 2. The van der Waals surface area contributed by atoms with E-state index in [0.29, 0.717) is 25.7 Å². The van der Waals surface area contributed by atoms with Crippen molar-refractivity contribution in [1.29, 1.82) is 0 Å². The second-order valence-electron chi connectivity index (χ2n) is 31.0. The van der Waals surface area contributed by atoms with E-state index in [4.69, 9.17) is 37.0 Å². The third-order valence-corrected chi connectivity index (χ3v) is 21.7. The summed E-state index contributed by atoms with van der Waals surface area (Å²) in [6.07, 6.45) is 58.2. The number of aliphatic hydroxyl groups excluding tert-OH is 1. The molecular weight excluding hydrogens is 1320 g/mol. The van der Waals surface area contributed by atoms with Gasteiger partial charge >= 0.3 is 39.5 Å². The van der Waals surface area contributed by atoms with Crippen LogP contribution in [0.4, 0.5) is 0 Å². The molecule has 3 N–H and O–H groups in total. The molecule has 7 atom stereocenters. The predicted molar refractivity (Wildman–Crippen MR) is 414 cm³/mol. The molecule has 0 aromatic carbocycles. The number of ether oxygens (including phenoxy) is 4. The Kier molecular flexibility index (Phi) is 69.6. The molecule has 0 amide bonds. The molecule has 0 saturated heterocycles. The molecule has 0 bridgehead atoms. The van der Waals surface area contributed by atoms with Gasteiger partial charge in [0.1, 0.15) is 19.3 Å². The maximum atomic E-state index is 13.1. The lowest BCUT2D eigenvalue weighted by molar-refractivity contribution is -0.161. The lowest BCUT2D eigenvalue weighted by Crippen LogP contribution is -2.30. The van der Waals surface area contributed by atoms with E-state index in [0.717, 1.165) is 120 Å². The van der Waals surface area contributed by atoms with Crippen LogP contribution in [0.1, 0.15) is 421 Å². The molecule has 0 aliphatic heterocycles. The number of esters is 4.